The molecule has 4 nitrogen and oxygen atoms in total. The van der Waals surface area contributed by atoms with E-state index in [1.807, 2.05) is 23.6 Å². The molecule has 0 saturated heterocycles. The number of hydrogen-bond donors (Lipinski definition) is 2. The van der Waals surface area contributed by atoms with Crippen LogP contribution in [0.25, 0.3) is 10.8 Å². The first-order chi connectivity index (χ1) is 11.0. The van der Waals surface area contributed by atoms with Gasteiger partial charge in [0.05, 0.1) is 5.75 Å². The molecule has 0 spiro atoms. The van der Waals surface area contributed by atoms with Gasteiger partial charge in [-0.25, -0.2) is 8.42 Å². The lowest BCUT2D eigenvalue weighted by molar-refractivity contribution is 0.102. The van der Waals surface area contributed by atoms with E-state index in [9.17, 15) is 13.2 Å². The van der Waals surface area contributed by atoms with Gasteiger partial charge in [0.1, 0.15) is 4.21 Å². The van der Waals surface area contributed by atoms with Crippen LogP contribution in [-0.4, -0.2) is 20.0 Å². The lowest BCUT2D eigenvalue weighted by Gasteiger charge is -2.07. The highest BCUT2D eigenvalue weighted by Crippen LogP contribution is 2.31. The monoisotopic (exact) mass is 363 g/mol. The summed E-state index contributed by atoms with van der Waals surface area (Å²) in [4.78, 5) is 11.5. The molecule has 0 atom stereocenters. The summed E-state index contributed by atoms with van der Waals surface area (Å²) in [6, 6.07) is 13.7. The van der Waals surface area contributed by atoms with Gasteiger partial charge in [-0.05, 0) is 29.7 Å². The molecule has 7 heteroatoms. The van der Waals surface area contributed by atoms with E-state index in [1.165, 1.54) is 11.3 Å². The highest BCUT2D eigenvalue weighted by Gasteiger charge is 2.19. The van der Waals surface area contributed by atoms with Crippen molar-refractivity contribution in [3.63, 3.8) is 0 Å². The first-order valence-electron chi connectivity index (χ1n) is 6.74. The maximum Gasteiger partial charge on any atom is 0.272 e. The zero-order valence-corrected chi connectivity index (χ0v) is 14.4. The van der Waals surface area contributed by atoms with Gasteiger partial charge in [0.2, 0.25) is 0 Å². The summed E-state index contributed by atoms with van der Waals surface area (Å²) < 4.78 is 28.0. The molecular weight excluding hydrogens is 350 g/mol. The second-order valence-corrected chi connectivity index (χ2v) is 7.95. The number of anilines is 1. The number of carbonyl (C=O) groups excluding carboxylic acids is 1. The van der Waals surface area contributed by atoms with Crippen LogP contribution in [0.5, 0.6) is 0 Å². The molecular formula is C16H13NO3S3. The van der Waals surface area contributed by atoms with Crippen molar-refractivity contribution >= 4 is 56.2 Å². The molecule has 1 N–H and O–H groups in total. The summed E-state index contributed by atoms with van der Waals surface area (Å²) >= 11 is 5.12. The average Bonchev–Trinajstić information content (AvgIpc) is 2.99. The van der Waals surface area contributed by atoms with Gasteiger partial charge in [-0.15, -0.1) is 11.3 Å². The van der Waals surface area contributed by atoms with E-state index in [2.05, 4.69) is 17.4 Å². The second-order valence-electron chi connectivity index (χ2n) is 4.87. The zero-order chi connectivity index (χ0) is 16.4. The highest BCUT2D eigenvalue weighted by atomic mass is 32.2. The Bertz CT molecular complexity index is 960. The molecule has 0 radical (unpaired) electrons. The molecule has 2 aromatic carbocycles. The van der Waals surface area contributed by atoms with Crippen molar-refractivity contribution in [1.82, 2.24) is 0 Å². The highest BCUT2D eigenvalue weighted by molar-refractivity contribution is 7.95. The van der Waals surface area contributed by atoms with Crippen LogP contribution in [0.15, 0.2) is 58.1 Å². The number of Topliss-reactive ketones (excluding diaryl/α,β-unsaturated/α-hetero) is 1. The van der Waals surface area contributed by atoms with Crippen LogP contribution in [0, 0.1) is 0 Å². The van der Waals surface area contributed by atoms with Crippen LogP contribution in [0.3, 0.4) is 0 Å². The summed E-state index contributed by atoms with van der Waals surface area (Å²) in [5, 5.41) is 3.41. The summed E-state index contributed by atoms with van der Waals surface area (Å²) in [6.45, 7) is 0. The topological polar surface area (TPSA) is 63.2 Å². The fourth-order valence-electron chi connectivity index (χ4n) is 2.19. The van der Waals surface area contributed by atoms with E-state index in [0.717, 1.165) is 5.39 Å². The van der Waals surface area contributed by atoms with Crippen LogP contribution in [0.2, 0.25) is 0 Å². The minimum atomic E-state index is -3.67. The number of hydrogen-bond acceptors (Lipinski definition) is 5. The van der Waals surface area contributed by atoms with Crippen LogP contribution in [-0.2, 0) is 10.0 Å². The predicted octanol–water partition coefficient (Wildman–Crippen LogP) is 3.81. The number of thiophene rings is 1. The van der Waals surface area contributed by atoms with Crippen LogP contribution >= 0.6 is 24.0 Å². The van der Waals surface area contributed by atoms with Gasteiger partial charge in [0.25, 0.3) is 10.0 Å². The standard InChI is InChI=1S/C16H13NO3S3/c18-15(9-21)11-5-7-13(8-6-11)17-23(19,20)16-14-4-2-1-3-12(14)10-22-16/h1-8,10,17,21H,9H2. The number of fused-ring (bicyclic) bond motifs is 1. The van der Waals surface area contributed by atoms with Gasteiger partial charge < -0.3 is 0 Å². The Hall–Kier alpha value is -1.83. The number of benzene rings is 2. The molecule has 0 saturated carbocycles. The van der Waals surface area contributed by atoms with Crippen LogP contribution < -0.4 is 4.72 Å². The third-order valence-electron chi connectivity index (χ3n) is 3.32. The third-order valence-corrected chi connectivity index (χ3v) is 6.57. The Morgan fingerprint density at radius 2 is 1.78 bits per heavy atom. The van der Waals surface area contributed by atoms with Crippen LogP contribution in [0.1, 0.15) is 10.4 Å². The Morgan fingerprint density at radius 3 is 2.48 bits per heavy atom. The fraction of sp³-hybridized carbons (Fsp3) is 0.0625. The number of carbonyl (C=O) groups is 1. The molecule has 0 aliphatic rings. The van der Waals surface area contributed by atoms with Gasteiger partial charge >= 0.3 is 0 Å². The zero-order valence-electron chi connectivity index (χ0n) is 11.9. The van der Waals surface area contributed by atoms with Crippen LogP contribution in [0.4, 0.5) is 5.69 Å². The molecule has 0 amide bonds. The quantitative estimate of drug-likeness (QED) is 0.535. The fourth-order valence-corrected chi connectivity index (χ4v) is 4.92. The molecule has 23 heavy (non-hydrogen) atoms. The van der Waals surface area contributed by atoms with Crippen molar-refractivity contribution in [2.24, 2.45) is 0 Å². The smallest absolute Gasteiger partial charge is 0.272 e. The van der Waals surface area contributed by atoms with E-state index in [1.54, 1.807) is 30.3 Å². The Balaban J connectivity index is 1.91. The lowest BCUT2D eigenvalue weighted by atomic mass is 10.1. The first kappa shape index (κ1) is 16.0. The van der Waals surface area contributed by atoms with E-state index in [4.69, 9.17) is 0 Å². The molecule has 118 valence electrons. The SMILES string of the molecule is O=C(CS)c1ccc(NS(=O)(=O)c2scc3ccccc23)cc1. The Kier molecular flexibility index (Phi) is 4.43. The van der Waals surface area contributed by atoms with E-state index < -0.39 is 10.0 Å². The first-order valence-corrected chi connectivity index (χ1v) is 9.74. The number of rotatable bonds is 5. The number of ketones is 1. The molecule has 0 fully saturated rings. The van der Waals surface area contributed by atoms with Crippen molar-refractivity contribution in [1.29, 1.82) is 0 Å². The molecule has 0 unspecified atom stereocenters. The summed E-state index contributed by atoms with van der Waals surface area (Å²) in [7, 11) is -3.67. The molecule has 3 rings (SSSR count). The molecule has 1 aromatic heterocycles. The van der Waals surface area contributed by atoms with E-state index >= 15 is 0 Å². The van der Waals surface area contributed by atoms with E-state index in [-0.39, 0.29) is 15.7 Å². The Morgan fingerprint density at radius 1 is 1.09 bits per heavy atom. The van der Waals surface area contributed by atoms with Crippen molar-refractivity contribution in [2.45, 2.75) is 4.21 Å². The lowest BCUT2D eigenvalue weighted by Crippen LogP contribution is -2.12. The van der Waals surface area contributed by atoms with Gasteiger partial charge in [0, 0.05) is 22.0 Å². The van der Waals surface area contributed by atoms with Crippen molar-refractivity contribution in [3.8, 4) is 0 Å². The summed E-state index contributed by atoms with van der Waals surface area (Å²) in [5.41, 5.74) is 0.919. The minimum absolute atomic E-state index is 0.105. The molecule has 0 aliphatic heterocycles. The van der Waals surface area contributed by atoms with Gasteiger partial charge in [-0.2, -0.15) is 12.6 Å². The normalized spacial score (nSPS) is 11.5. The molecule has 1 heterocycles. The van der Waals surface area contributed by atoms with E-state index in [0.29, 0.717) is 16.6 Å². The predicted molar refractivity (Wildman–Crippen MR) is 97.3 cm³/mol. The number of sulfonamides is 1. The molecule has 0 aliphatic carbocycles. The van der Waals surface area contributed by atoms with Gasteiger partial charge in [-0.3, -0.25) is 9.52 Å². The van der Waals surface area contributed by atoms with Crippen molar-refractivity contribution in [2.75, 3.05) is 10.5 Å². The maximum absolute atomic E-state index is 12.6. The largest absolute Gasteiger partial charge is 0.293 e. The second kappa shape index (κ2) is 6.35. The van der Waals surface area contributed by atoms with Crippen molar-refractivity contribution < 1.29 is 13.2 Å². The average molecular weight is 363 g/mol. The summed E-state index contributed by atoms with van der Waals surface area (Å²) in [6.07, 6.45) is 0. The minimum Gasteiger partial charge on any atom is -0.293 e. The Labute approximate surface area is 143 Å². The van der Waals surface area contributed by atoms with Gasteiger partial charge in [0.15, 0.2) is 5.78 Å². The maximum atomic E-state index is 12.6. The summed E-state index contributed by atoms with van der Waals surface area (Å²) in [5.74, 6) is 0.0127. The molecule has 3 aromatic rings. The van der Waals surface area contributed by atoms with Crippen molar-refractivity contribution in [3.05, 3.63) is 59.5 Å². The van der Waals surface area contributed by atoms with Gasteiger partial charge in [-0.1, -0.05) is 24.3 Å². The third kappa shape index (κ3) is 3.26. The number of thiol groups is 1. The number of nitrogens with one attached hydrogen (secondary N) is 1. The molecule has 0 bridgehead atoms.